The monoisotopic (exact) mass is 450 g/mol. The summed E-state index contributed by atoms with van der Waals surface area (Å²) in [7, 11) is 0. The van der Waals surface area contributed by atoms with E-state index in [0.717, 1.165) is 0 Å². The molecule has 0 radical (unpaired) electrons. The van der Waals surface area contributed by atoms with Gasteiger partial charge in [-0.3, -0.25) is 19.2 Å². The lowest BCUT2D eigenvalue weighted by Crippen LogP contribution is -2.16. The van der Waals surface area contributed by atoms with Gasteiger partial charge in [0.15, 0.2) is 0 Å². The minimum atomic E-state index is -0.631. The lowest BCUT2D eigenvalue weighted by atomic mass is 10.0. The van der Waals surface area contributed by atoms with E-state index in [-0.39, 0.29) is 11.1 Å². The van der Waals surface area contributed by atoms with Crippen molar-refractivity contribution in [2.45, 2.75) is 9.79 Å². The van der Waals surface area contributed by atoms with Crippen LogP contribution in [0.5, 0.6) is 0 Å². The summed E-state index contributed by atoms with van der Waals surface area (Å²) in [6.07, 6.45) is 0. The van der Waals surface area contributed by atoms with Crippen molar-refractivity contribution in [1.82, 2.24) is 0 Å². The third kappa shape index (κ3) is 4.89. The third-order valence-electron chi connectivity index (χ3n) is 4.97. The second-order valence-corrected chi connectivity index (χ2v) is 8.23. The molecular formula is C28H18O4S. The SMILES string of the molecule is O=C(C(=O)c1ccccc1Sc1ccccc1C(=O)C(=O)c1ccccc1)c1ccccc1. The molecule has 0 aliphatic heterocycles. The Bertz CT molecular complexity index is 1240. The van der Waals surface area contributed by atoms with Gasteiger partial charge in [0.05, 0.1) is 0 Å². The summed E-state index contributed by atoms with van der Waals surface area (Å²) >= 11 is 1.18. The Kier molecular flexibility index (Phi) is 6.72. The fourth-order valence-electron chi connectivity index (χ4n) is 3.29. The van der Waals surface area contributed by atoms with E-state index in [2.05, 4.69) is 0 Å². The van der Waals surface area contributed by atoms with Gasteiger partial charge in [-0.25, -0.2) is 0 Å². The van der Waals surface area contributed by atoms with Crippen LogP contribution in [0.15, 0.2) is 119 Å². The standard InChI is InChI=1S/C28H18O4S/c29-25(19-11-3-1-4-12-19)27(31)21-15-7-9-17-23(21)33-24-18-10-8-16-22(24)28(32)26(30)20-13-5-2-6-14-20/h1-18H. The van der Waals surface area contributed by atoms with Crippen LogP contribution in [0.25, 0.3) is 0 Å². The van der Waals surface area contributed by atoms with Crippen LogP contribution in [0.3, 0.4) is 0 Å². The van der Waals surface area contributed by atoms with Crippen molar-refractivity contribution in [3.05, 3.63) is 131 Å². The maximum absolute atomic E-state index is 13.0. The average molecular weight is 451 g/mol. The van der Waals surface area contributed by atoms with E-state index in [1.165, 1.54) is 11.8 Å². The maximum atomic E-state index is 13.0. The molecule has 0 amide bonds. The number of rotatable bonds is 8. The lowest BCUT2D eigenvalue weighted by Gasteiger charge is -2.11. The predicted molar refractivity (Wildman–Crippen MR) is 127 cm³/mol. The zero-order valence-corrected chi connectivity index (χ0v) is 18.3. The Morgan fingerprint density at radius 2 is 0.727 bits per heavy atom. The number of hydrogen-bond acceptors (Lipinski definition) is 5. The molecule has 33 heavy (non-hydrogen) atoms. The number of carbonyl (C=O) groups excluding carboxylic acids is 4. The molecule has 4 aromatic rings. The fourth-order valence-corrected chi connectivity index (χ4v) is 4.36. The van der Waals surface area contributed by atoms with Crippen molar-refractivity contribution in [1.29, 1.82) is 0 Å². The molecule has 160 valence electrons. The fraction of sp³-hybridized carbons (Fsp3) is 0. The zero-order valence-electron chi connectivity index (χ0n) is 17.4. The highest BCUT2D eigenvalue weighted by molar-refractivity contribution is 7.99. The second kappa shape index (κ2) is 10.0. The predicted octanol–water partition coefficient (Wildman–Crippen LogP) is 5.97. The molecule has 0 aliphatic carbocycles. The van der Waals surface area contributed by atoms with Gasteiger partial charge in [0.25, 0.3) is 0 Å². The Morgan fingerprint density at radius 3 is 1.12 bits per heavy atom. The molecule has 0 bridgehead atoms. The Hall–Kier alpha value is -4.09. The van der Waals surface area contributed by atoms with Crippen LogP contribution in [0, 0.1) is 0 Å². The van der Waals surface area contributed by atoms with Gasteiger partial charge in [-0.15, -0.1) is 0 Å². The van der Waals surface area contributed by atoms with Crippen LogP contribution in [0.1, 0.15) is 41.4 Å². The Labute approximate surface area is 195 Å². The summed E-state index contributed by atoms with van der Waals surface area (Å²) in [5.41, 5.74) is 1.11. The van der Waals surface area contributed by atoms with Crippen LogP contribution in [0.2, 0.25) is 0 Å². The average Bonchev–Trinajstić information content (AvgIpc) is 2.88. The van der Waals surface area contributed by atoms with Gasteiger partial charge in [-0.05, 0) is 24.3 Å². The van der Waals surface area contributed by atoms with Gasteiger partial charge in [0.2, 0.25) is 23.1 Å². The first-order valence-electron chi connectivity index (χ1n) is 10.2. The number of benzene rings is 4. The van der Waals surface area contributed by atoms with Crippen molar-refractivity contribution in [3.63, 3.8) is 0 Å². The van der Waals surface area contributed by atoms with Gasteiger partial charge >= 0.3 is 0 Å². The molecule has 4 nitrogen and oxygen atoms in total. The minimum Gasteiger partial charge on any atom is -0.285 e. The molecule has 0 spiro atoms. The second-order valence-electron chi connectivity index (χ2n) is 7.14. The molecule has 0 heterocycles. The number of ketones is 4. The first-order valence-corrected chi connectivity index (χ1v) is 11.0. The van der Waals surface area contributed by atoms with Crippen molar-refractivity contribution >= 4 is 34.9 Å². The van der Waals surface area contributed by atoms with Crippen molar-refractivity contribution < 1.29 is 19.2 Å². The number of Topliss-reactive ketones (excluding diaryl/α,β-unsaturated/α-hetero) is 4. The number of hydrogen-bond donors (Lipinski definition) is 0. The summed E-state index contributed by atoms with van der Waals surface area (Å²) in [5.74, 6) is -2.47. The summed E-state index contributed by atoms with van der Waals surface area (Å²) in [5, 5.41) is 0. The normalized spacial score (nSPS) is 10.4. The molecule has 0 aliphatic rings. The van der Waals surface area contributed by atoms with Crippen LogP contribution < -0.4 is 0 Å². The molecule has 4 aromatic carbocycles. The van der Waals surface area contributed by atoms with Crippen molar-refractivity contribution in [2.75, 3.05) is 0 Å². The van der Waals surface area contributed by atoms with E-state index in [1.807, 2.05) is 0 Å². The van der Waals surface area contributed by atoms with Gasteiger partial charge in [-0.2, -0.15) is 0 Å². The van der Waals surface area contributed by atoms with E-state index in [1.54, 1.807) is 109 Å². The summed E-state index contributed by atoms with van der Waals surface area (Å²) in [6, 6.07) is 30.2. The smallest absolute Gasteiger partial charge is 0.234 e. The minimum absolute atomic E-state index is 0.244. The summed E-state index contributed by atoms with van der Waals surface area (Å²) in [6.45, 7) is 0. The van der Waals surface area contributed by atoms with Crippen LogP contribution in [-0.4, -0.2) is 23.1 Å². The Balaban J connectivity index is 1.65. The molecule has 0 fully saturated rings. The molecule has 0 aromatic heterocycles. The van der Waals surface area contributed by atoms with E-state index in [4.69, 9.17) is 0 Å². The molecule has 4 rings (SSSR count). The van der Waals surface area contributed by atoms with E-state index >= 15 is 0 Å². The first kappa shape index (κ1) is 22.1. The Morgan fingerprint density at radius 1 is 0.394 bits per heavy atom. The van der Waals surface area contributed by atoms with Gasteiger partial charge < -0.3 is 0 Å². The highest BCUT2D eigenvalue weighted by Gasteiger charge is 2.24. The van der Waals surface area contributed by atoms with Crippen LogP contribution in [0.4, 0.5) is 0 Å². The molecule has 0 N–H and O–H groups in total. The van der Waals surface area contributed by atoms with Crippen molar-refractivity contribution in [3.8, 4) is 0 Å². The van der Waals surface area contributed by atoms with Gasteiger partial charge in [0, 0.05) is 32.0 Å². The zero-order chi connectivity index (χ0) is 23.2. The molecule has 0 saturated carbocycles. The molecule has 0 saturated heterocycles. The van der Waals surface area contributed by atoms with Gasteiger partial charge in [0.1, 0.15) is 0 Å². The summed E-state index contributed by atoms with van der Waals surface area (Å²) < 4.78 is 0. The molecule has 5 heteroatoms. The van der Waals surface area contributed by atoms with Crippen molar-refractivity contribution in [2.24, 2.45) is 0 Å². The molecule has 0 unspecified atom stereocenters. The quantitative estimate of drug-likeness (QED) is 0.244. The summed E-state index contributed by atoms with van der Waals surface area (Å²) in [4.78, 5) is 52.4. The van der Waals surface area contributed by atoms with E-state index in [9.17, 15) is 19.2 Å². The number of carbonyl (C=O) groups is 4. The van der Waals surface area contributed by atoms with E-state index in [0.29, 0.717) is 20.9 Å². The molecule has 0 atom stereocenters. The van der Waals surface area contributed by atoms with E-state index < -0.39 is 23.1 Å². The topological polar surface area (TPSA) is 68.3 Å². The highest BCUT2D eigenvalue weighted by Crippen LogP contribution is 2.34. The van der Waals surface area contributed by atoms with Gasteiger partial charge in [-0.1, -0.05) is 96.7 Å². The van der Waals surface area contributed by atoms with Crippen LogP contribution in [-0.2, 0) is 0 Å². The first-order chi connectivity index (χ1) is 16.1. The lowest BCUT2D eigenvalue weighted by molar-refractivity contribution is 0.0815. The molecular weight excluding hydrogens is 432 g/mol. The highest BCUT2D eigenvalue weighted by atomic mass is 32.2. The third-order valence-corrected chi connectivity index (χ3v) is 6.12. The largest absolute Gasteiger partial charge is 0.285 e. The van der Waals surface area contributed by atoms with Crippen LogP contribution >= 0.6 is 11.8 Å². The maximum Gasteiger partial charge on any atom is 0.234 e.